The summed E-state index contributed by atoms with van der Waals surface area (Å²) >= 11 is 0. The monoisotopic (exact) mass is 166 g/mol. The van der Waals surface area contributed by atoms with Gasteiger partial charge in [-0.25, -0.2) is 0 Å². The van der Waals surface area contributed by atoms with E-state index in [1.807, 2.05) is 0 Å². The molecule has 70 valence electrons. The van der Waals surface area contributed by atoms with Crippen LogP contribution in [0.2, 0.25) is 0 Å². The Balaban J connectivity index is 2.08. The summed E-state index contributed by atoms with van der Waals surface area (Å²) in [6, 6.07) is 0. The van der Waals surface area contributed by atoms with Gasteiger partial charge in [0.05, 0.1) is 0 Å². The van der Waals surface area contributed by atoms with E-state index in [-0.39, 0.29) is 0 Å². The van der Waals surface area contributed by atoms with Crippen LogP contribution in [0.25, 0.3) is 0 Å². The molecule has 0 aliphatic heterocycles. The Labute approximate surface area is 76.7 Å². The van der Waals surface area contributed by atoms with Gasteiger partial charge in [-0.3, -0.25) is 0 Å². The van der Waals surface area contributed by atoms with E-state index in [4.69, 9.17) is 0 Å². The largest absolute Gasteiger partial charge is 0.0651 e. The minimum absolute atomic E-state index is 0.999. The Hall–Kier alpha value is 0. The molecule has 2 aliphatic rings. The van der Waals surface area contributed by atoms with Gasteiger partial charge in [-0.15, -0.1) is 0 Å². The summed E-state index contributed by atoms with van der Waals surface area (Å²) in [5, 5.41) is 0. The lowest BCUT2D eigenvalue weighted by molar-refractivity contribution is -0.00809. The molecule has 2 fully saturated rings. The Kier molecular flexibility index (Phi) is 1.97. The molecule has 6 unspecified atom stereocenters. The van der Waals surface area contributed by atoms with Gasteiger partial charge >= 0.3 is 0 Å². The van der Waals surface area contributed by atoms with Crippen molar-refractivity contribution in [3.63, 3.8) is 0 Å². The SMILES string of the molecule is CCC1C(C)C2C(C)C(C)CC12. The van der Waals surface area contributed by atoms with Crippen molar-refractivity contribution in [1.82, 2.24) is 0 Å². The summed E-state index contributed by atoms with van der Waals surface area (Å²) in [7, 11) is 0. The zero-order valence-electron chi connectivity index (χ0n) is 8.88. The van der Waals surface area contributed by atoms with Crippen LogP contribution < -0.4 is 0 Å². The van der Waals surface area contributed by atoms with Gasteiger partial charge in [-0.1, -0.05) is 34.1 Å². The summed E-state index contributed by atoms with van der Waals surface area (Å²) in [5.74, 6) is 6.30. The number of hydrogen-bond donors (Lipinski definition) is 0. The van der Waals surface area contributed by atoms with Gasteiger partial charge in [0.1, 0.15) is 0 Å². The van der Waals surface area contributed by atoms with E-state index in [1.165, 1.54) is 12.8 Å². The molecule has 0 heteroatoms. The van der Waals surface area contributed by atoms with Crippen LogP contribution in [0.4, 0.5) is 0 Å². The third-order valence-corrected chi connectivity index (χ3v) is 4.95. The van der Waals surface area contributed by atoms with Gasteiger partial charge in [0, 0.05) is 0 Å². The average molecular weight is 166 g/mol. The second kappa shape index (κ2) is 2.75. The third-order valence-electron chi connectivity index (χ3n) is 4.95. The molecule has 0 aromatic heterocycles. The van der Waals surface area contributed by atoms with E-state index < -0.39 is 0 Å². The highest BCUT2D eigenvalue weighted by Gasteiger charge is 2.54. The van der Waals surface area contributed by atoms with Crippen molar-refractivity contribution in [1.29, 1.82) is 0 Å². The van der Waals surface area contributed by atoms with E-state index >= 15 is 0 Å². The predicted octanol–water partition coefficient (Wildman–Crippen LogP) is 3.57. The van der Waals surface area contributed by atoms with Gasteiger partial charge in [-0.2, -0.15) is 0 Å². The Morgan fingerprint density at radius 2 is 1.75 bits per heavy atom. The summed E-state index contributed by atoms with van der Waals surface area (Å²) in [4.78, 5) is 0. The number of fused-ring (bicyclic) bond motifs is 1. The van der Waals surface area contributed by atoms with Crippen molar-refractivity contribution >= 4 is 0 Å². The first-order valence-corrected chi connectivity index (χ1v) is 5.66. The lowest BCUT2D eigenvalue weighted by Crippen LogP contribution is -2.43. The molecule has 0 N–H and O–H groups in total. The van der Waals surface area contributed by atoms with Crippen LogP contribution in [0.3, 0.4) is 0 Å². The predicted molar refractivity (Wildman–Crippen MR) is 52.9 cm³/mol. The highest BCUT2D eigenvalue weighted by molar-refractivity contribution is 5.02. The summed E-state index contributed by atoms with van der Waals surface area (Å²) in [5.41, 5.74) is 0. The lowest BCUT2D eigenvalue weighted by atomic mass is 9.56. The van der Waals surface area contributed by atoms with Gasteiger partial charge in [0.25, 0.3) is 0 Å². The number of rotatable bonds is 1. The third kappa shape index (κ3) is 0.900. The maximum Gasteiger partial charge on any atom is -0.0326 e. The average Bonchev–Trinajstić information content (AvgIpc) is 2.27. The van der Waals surface area contributed by atoms with Crippen molar-refractivity contribution in [2.24, 2.45) is 35.5 Å². The van der Waals surface area contributed by atoms with Gasteiger partial charge in [0.2, 0.25) is 0 Å². The van der Waals surface area contributed by atoms with Crippen LogP contribution in [-0.4, -0.2) is 0 Å². The molecule has 0 heterocycles. The molecule has 0 amide bonds. The molecule has 2 saturated carbocycles. The second-order valence-corrected chi connectivity index (χ2v) is 5.24. The molecule has 2 aliphatic carbocycles. The molecule has 0 aromatic rings. The van der Waals surface area contributed by atoms with Crippen LogP contribution in [0.15, 0.2) is 0 Å². The van der Waals surface area contributed by atoms with Crippen molar-refractivity contribution < 1.29 is 0 Å². The molecule has 0 spiro atoms. The Bertz CT molecular complexity index is 173. The molecule has 12 heavy (non-hydrogen) atoms. The van der Waals surface area contributed by atoms with Crippen molar-refractivity contribution in [2.75, 3.05) is 0 Å². The molecular weight excluding hydrogens is 144 g/mol. The quantitative estimate of drug-likeness (QED) is 0.558. The summed E-state index contributed by atoms with van der Waals surface area (Å²) in [6.45, 7) is 9.76. The van der Waals surface area contributed by atoms with E-state index in [2.05, 4.69) is 27.7 Å². The zero-order valence-corrected chi connectivity index (χ0v) is 8.88. The van der Waals surface area contributed by atoms with Crippen LogP contribution >= 0.6 is 0 Å². The van der Waals surface area contributed by atoms with Crippen molar-refractivity contribution in [3.8, 4) is 0 Å². The highest BCUT2D eigenvalue weighted by Crippen LogP contribution is 2.60. The fraction of sp³-hybridized carbons (Fsp3) is 1.00. The first-order chi connectivity index (χ1) is 5.66. The fourth-order valence-electron chi connectivity index (χ4n) is 4.10. The maximum absolute atomic E-state index is 2.48. The van der Waals surface area contributed by atoms with Gasteiger partial charge in [0.15, 0.2) is 0 Å². The van der Waals surface area contributed by atoms with E-state index in [0.717, 1.165) is 35.5 Å². The summed E-state index contributed by atoms with van der Waals surface area (Å²) in [6.07, 6.45) is 2.94. The minimum Gasteiger partial charge on any atom is -0.0651 e. The molecule has 0 aromatic carbocycles. The molecule has 6 atom stereocenters. The van der Waals surface area contributed by atoms with Crippen LogP contribution in [0, 0.1) is 35.5 Å². The van der Waals surface area contributed by atoms with E-state index in [1.54, 1.807) is 0 Å². The normalized spacial score (nSPS) is 58.0. The molecule has 0 radical (unpaired) electrons. The van der Waals surface area contributed by atoms with Gasteiger partial charge in [-0.05, 0) is 41.9 Å². The minimum atomic E-state index is 0.999. The molecule has 0 saturated heterocycles. The first-order valence-electron chi connectivity index (χ1n) is 5.66. The van der Waals surface area contributed by atoms with Crippen LogP contribution in [0.1, 0.15) is 40.5 Å². The van der Waals surface area contributed by atoms with Crippen LogP contribution in [-0.2, 0) is 0 Å². The lowest BCUT2D eigenvalue weighted by Gasteiger charge is -2.49. The Morgan fingerprint density at radius 3 is 2.33 bits per heavy atom. The molecule has 0 nitrogen and oxygen atoms in total. The molecular formula is C12H22. The van der Waals surface area contributed by atoms with Crippen molar-refractivity contribution in [2.45, 2.75) is 40.5 Å². The first kappa shape index (κ1) is 8.59. The number of hydrogen-bond acceptors (Lipinski definition) is 0. The van der Waals surface area contributed by atoms with Crippen LogP contribution in [0.5, 0.6) is 0 Å². The highest BCUT2D eigenvalue weighted by atomic mass is 14.6. The van der Waals surface area contributed by atoms with E-state index in [9.17, 15) is 0 Å². The topological polar surface area (TPSA) is 0 Å². The standard InChI is InChI=1S/C12H22/c1-5-10-9(4)12-8(3)7(2)6-11(10)12/h7-12H,5-6H2,1-4H3. The van der Waals surface area contributed by atoms with Crippen molar-refractivity contribution in [3.05, 3.63) is 0 Å². The zero-order chi connectivity index (χ0) is 8.88. The summed E-state index contributed by atoms with van der Waals surface area (Å²) < 4.78 is 0. The fourth-order valence-corrected chi connectivity index (χ4v) is 4.10. The maximum atomic E-state index is 2.48. The Morgan fingerprint density at radius 1 is 1.08 bits per heavy atom. The smallest absolute Gasteiger partial charge is 0.0326 e. The second-order valence-electron chi connectivity index (χ2n) is 5.24. The van der Waals surface area contributed by atoms with E-state index in [0.29, 0.717) is 0 Å². The molecule has 0 bridgehead atoms. The van der Waals surface area contributed by atoms with Gasteiger partial charge < -0.3 is 0 Å². The molecule has 2 rings (SSSR count).